The first-order chi connectivity index (χ1) is 11.2. The van der Waals surface area contributed by atoms with Crippen molar-refractivity contribution in [1.29, 1.82) is 0 Å². The van der Waals surface area contributed by atoms with E-state index in [1.807, 2.05) is 23.1 Å². The summed E-state index contributed by atoms with van der Waals surface area (Å²) >= 11 is 0. The standard InChI is InChI=1S/C18H22N2O3/c1-15-3-2-4-17(13-15)23-12-10-19-6-8-20(9-7-19)18(21)16-5-11-22-14-16/h2-5,11,13-14H,6-10,12H2,1H3. The Labute approximate surface area is 136 Å². The summed E-state index contributed by atoms with van der Waals surface area (Å²) in [5.41, 5.74) is 1.83. The molecule has 1 amide bonds. The van der Waals surface area contributed by atoms with Gasteiger partial charge in [-0.3, -0.25) is 9.69 Å². The van der Waals surface area contributed by atoms with Crippen LogP contribution in [0.5, 0.6) is 5.75 Å². The molecule has 0 saturated carbocycles. The van der Waals surface area contributed by atoms with E-state index in [1.54, 1.807) is 6.07 Å². The predicted octanol–water partition coefficient (Wildman–Crippen LogP) is 2.42. The van der Waals surface area contributed by atoms with Crippen LogP contribution < -0.4 is 4.74 Å². The number of nitrogens with zero attached hydrogens (tertiary/aromatic N) is 2. The van der Waals surface area contributed by atoms with E-state index in [9.17, 15) is 4.79 Å². The Balaban J connectivity index is 1.40. The van der Waals surface area contributed by atoms with E-state index in [0.29, 0.717) is 12.2 Å². The molecule has 122 valence electrons. The highest BCUT2D eigenvalue weighted by molar-refractivity contribution is 5.93. The van der Waals surface area contributed by atoms with Gasteiger partial charge < -0.3 is 14.1 Å². The number of benzene rings is 1. The maximum atomic E-state index is 12.2. The molecule has 1 aliphatic heterocycles. The minimum absolute atomic E-state index is 0.0504. The Kier molecular flexibility index (Phi) is 4.98. The van der Waals surface area contributed by atoms with Gasteiger partial charge in [-0.25, -0.2) is 0 Å². The van der Waals surface area contributed by atoms with E-state index in [4.69, 9.17) is 9.15 Å². The van der Waals surface area contributed by atoms with Gasteiger partial charge in [0.15, 0.2) is 0 Å². The van der Waals surface area contributed by atoms with Crippen LogP contribution in [0.25, 0.3) is 0 Å². The molecule has 2 aromatic rings. The number of carbonyl (C=O) groups is 1. The van der Waals surface area contributed by atoms with E-state index in [2.05, 4.69) is 17.9 Å². The van der Waals surface area contributed by atoms with Crippen LogP contribution in [0.15, 0.2) is 47.3 Å². The minimum atomic E-state index is 0.0504. The molecule has 23 heavy (non-hydrogen) atoms. The Bertz CT molecular complexity index is 631. The van der Waals surface area contributed by atoms with Gasteiger partial charge in [0, 0.05) is 32.7 Å². The smallest absolute Gasteiger partial charge is 0.257 e. The van der Waals surface area contributed by atoms with Crippen LogP contribution in [0.4, 0.5) is 0 Å². The highest BCUT2D eigenvalue weighted by Gasteiger charge is 2.22. The van der Waals surface area contributed by atoms with Crippen LogP contribution in [-0.4, -0.2) is 55.0 Å². The molecular formula is C18H22N2O3. The zero-order valence-electron chi connectivity index (χ0n) is 13.4. The largest absolute Gasteiger partial charge is 0.492 e. The van der Waals surface area contributed by atoms with Crippen LogP contribution >= 0.6 is 0 Å². The summed E-state index contributed by atoms with van der Waals surface area (Å²) < 4.78 is 10.8. The van der Waals surface area contributed by atoms with Crippen molar-refractivity contribution in [2.24, 2.45) is 0 Å². The molecule has 0 radical (unpaired) electrons. The SMILES string of the molecule is Cc1cccc(OCCN2CCN(C(=O)c3ccoc3)CC2)c1. The molecule has 0 atom stereocenters. The molecule has 0 bridgehead atoms. The average molecular weight is 314 g/mol. The number of amides is 1. The number of hydrogen-bond donors (Lipinski definition) is 0. The molecule has 0 aliphatic carbocycles. The summed E-state index contributed by atoms with van der Waals surface area (Å²) in [5.74, 6) is 0.966. The van der Waals surface area contributed by atoms with Gasteiger partial charge in [-0.2, -0.15) is 0 Å². The fraction of sp³-hybridized carbons (Fsp3) is 0.389. The Morgan fingerprint density at radius 3 is 2.74 bits per heavy atom. The quantitative estimate of drug-likeness (QED) is 0.850. The van der Waals surface area contributed by atoms with Crippen LogP contribution in [0.3, 0.4) is 0 Å². The normalized spacial score (nSPS) is 15.6. The fourth-order valence-corrected chi connectivity index (χ4v) is 2.74. The van der Waals surface area contributed by atoms with Gasteiger partial charge in [-0.05, 0) is 30.7 Å². The van der Waals surface area contributed by atoms with Crippen molar-refractivity contribution in [3.05, 3.63) is 54.0 Å². The topological polar surface area (TPSA) is 45.9 Å². The number of hydrogen-bond acceptors (Lipinski definition) is 4. The minimum Gasteiger partial charge on any atom is -0.492 e. The molecule has 0 spiro atoms. The Morgan fingerprint density at radius 1 is 1.22 bits per heavy atom. The van der Waals surface area contributed by atoms with Crippen LogP contribution in [-0.2, 0) is 0 Å². The third-order valence-electron chi connectivity index (χ3n) is 4.09. The van der Waals surface area contributed by atoms with Crippen molar-refractivity contribution in [2.75, 3.05) is 39.3 Å². The highest BCUT2D eigenvalue weighted by atomic mass is 16.5. The summed E-state index contributed by atoms with van der Waals surface area (Å²) in [4.78, 5) is 16.4. The first-order valence-electron chi connectivity index (χ1n) is 7.96. The second-order valence-electron chi connectivity index (χ2n) is 5.81. The lowest BCUT2D eigenvalue weighted by atomic mass is 10.2. The van der Waals surface area contributed by atoms with Gasteiger partial charge in [-0.15, -0.1) is 0 Å². The van der Waals surface area contributed by atoms with Crippen molar-refractivity contribution >= 4 is 5.91 Å². The van der Waals surface area contributed by atoms with Gasteiger partial charge in [0.25, 0.3) is 5.91 Å². The maximum absolute atomic E-state index is 12.2. The van der Waals surface area contributed by atoms with E-state index in [0.717, 1.165) is 38.5 Å². The first-order valence-corrected chi connectivity index (χ1v) is 7.96. The second kappa shape index (κ2) is 7.33. The number of ether oxygens (including phenoxy) is 1. The van der Waals surface area contributed by atoms with Crippen molar-refractivity contribution in [3.8, 4) is 5.75 Å². The van der Waals surface area contributed by atoms with Crippen molar-refractivity contribution in [2.45, 2.75) is 6.92 Å². The second-order valence-corrected chi connectivity index (χ2v) is 5.81. The predicted molar refractivity (Wildman–Crippen MR) is 87.7 cm³/mol. The number of furan rings is 1. The molecule has 2 heterocycles. The number of carbonyl (C=O) groups excluding carboxylic acids is 1. The molecule has 1 aliphatic rings. The molecule has 5 nitrogen and oxygen atoms in total. The van der Waals surface area contributed by atoms with Gasteiger partial charge in [0.2, 0.25) is 0 Å². The Hall–Kier alpha value is -2.27. The van der Waals surface area contributed by atoms with Crippen LogP contribution in [0, 0.1) is 6.92 Å². The van der Waals surface area contributed by atoms with Gasteiger partial charge >= 0.3 is 0 Å². The van der Waals surface area contributed by atoms with E-state index in [-0.39, 0.29) is 5.91 Å². The van der Waals surface area contributed by atoms with E-state index >= 15 is 0 Å². The Morgan fingerprint density at radius 2 is 2.04 bits per heavy atom. The summed E-state index contributed by atoms with van der Waals surface area (Å²) in [6.07, 6.45) is 3.04. The van der Waals surface area contributed by atoms with Gasteiger partial charge in [0.05, 0.1) is 11.8 Å². The summed E-state index contributed by atoms with van der Waals surface area (Å²) in [6, 6.07) is 9.80. The third-order valence-corrected chi connectivity index (χ3v) is 4.09. The zero-order valence-corrected chi connectivity index (χ0v) is 13.4. The summed E-state index contributed by atoms with van der Waals surface area (Å²) in [5, 5.41) is 0. The maximum Gasteiger partial charge on any atom is 0.257 e. The molecule has 1 fully saturated rings. The van der Waals surface area contributed by atoms with E-state index < -0.39 is 0 Å². The highest BCUT2D eigenvalue weighted by Crippen LogP contribution is 2.13. The summed E-state index contributed by atoms with van der Waals surface area (Å²) in [7, 11) is 0. The number of rotatable bonds is 5. The fourth-order valence-electron chi connectivity index (χ4n) is 2.74. The van der Waals surface area contributed by atoms with Crippen molar-refractivity contribution in [3.63, 3.8) is 0 Å². The lowest BCUT2D eigenvalue weighted by Gasteiger charge is -2.34. The lowest BCUT2D eigenvalue weighted by molar-refractivity contribution is 0.0619. The molecule has 0 unspecified atom stereocenters. The monoisotopic (exact) mass is 314 g/mol. The lowest BCUT2D eigenvalue weighted by Crippen LogP contribution is -2.49. The van der Waals surface area contributed by atoms with Crippen molar-refractivity contribution in [1.82, 2.24) is 9.80 Å². The summed E-state index contributed by atoms with van der Waals surface area (Å²) in [6.45, 7) is 6.84. The van der Waals surface area contributed by atoms with Crippen LogP contribution in [0.2, 0.25) is 0 Å². The third kappa shape index (κ3) is 4.13. The van der Waals surface area contributed by atoms with Crippen molar-refractivity contribution < 1.29 is 13.9 Å². The molecule has 5 heteroatoms. The molecule has 1 aromatic carbocycles. The number of piperazine rings is 1. The van der Waals surface area contributed by atoms with E-state index in [1.165, 1.54) is 18.1 Å². The van der Waals surface area contributed by atoms with Gasteiger partial charge in [0.1, 0.15) is 18.6 Å². The average Bonchev–Trinajstić information content (AvgIpc) is 3.09. The number of aryl methyl sites for hydroxylation is 1. The zero-order chi connectivity index (χ0) is 16.1. The molecule has 3 rings (SSSR count). The molecule has 1 aromatic heterocycles. The van der Waals surface area contributed by atoms with Gasteiger partial charge in [-0.1, -0.05) is 12.1 Å². The molecule has 0 N–H and O–H groups in total. The molecular weight excluding hydrogens is 292 g/mol. The molecule has 1 saturated heterocycles. The first kappa shape index (κ1) is 15.6. The van der Waals surface area contributed by atoms with Crippen LogP contribution in [0.1, 0.15) is 15.9 Å².